The largest absolute Gasteiger partial charge is 0.357 e. The molecule has 0 saturated heterocycles. The minimum absolute atomic E-state index is 0.0864. The van der Waals surface area contributed by atoms with Gasteiger partial charge in [0, 0.05) is 13.6 Å². The molecule has 3 aromatic rings. The van der Waals surface area contributed by atoms with Crippen molar-refractivity contribution in [3.8, 4) is 0 Å². The molecule has 0 aromatic heterocycles. The summed E-state index contributed by atoms with van der Waals surface area (Å²) in [4.78, 5) is 27.9. The topological polar surface area (TPSA) is 86.8 Å². The molecule has 0 unspecified atom stereocenters. The zero-order valence-corrected chi connectivity index (χ0v) is 22.2. The minimum atomic E-state index is -4.07. The van der Waals surface area contributed by atoms with Gasteiger partial charge in [0.1, 0.15) is 12.6 Å². The Hall–Kier alpha value is -3.65. The third-order valence-electron chi connectivity index (χ3n) is 6.30. The van der Waals surface area contributed by atoms with Gasteiger partial charge < -0.3 is 10.2 Å². The number of nitrogens with zero attached hydrogens (tertiary/aromatic N) is 2. The monoisotopic (exact) mass is 507 g/mol. The molecule has 1 atom stereocenters. The van der Waals surface area contributed by atoms with Crippen LogP contribution in [0.25, 0.3) is 0 Å². The Kier molecular flexibility index (Phi) is 8.53. The van der Waals surface area contributed by atoms with E-state index in [1.807, 2.05) is 51.1 Å². The molecule has 0 radical (unpaired) electrons. The molecule has 0 spiro atoms. The van der Waals surface area contributed by atoms with Gasteiger partial charge >= 0.3 is 0 Å². The highest BCUT2D eigenvalue weighted by molar-refractivity contribution is 7.92. The number of rotatable bonds is 9. The van der Waals surface area contributed by atoms with Crippen LogP contribution in [0.3, 0.4) is 0 Å². The highest BCUT2D eigenvalue weighted by Gasteiger charge is 2.33. The molecule has 36 heavy (non-hydrogen) atoms. The molecular weight excluding hydrogens is 474 g/mol. The number of aryl methyl sites for hydroxylation is 2. The molecule has 1 N–H and O–H groups in total. The second-order valence-corrected chi connectivity index (χ2v) is 10.7. The van der Waals surface area contributed by atoms with E-state index < -0.39 is 28.5 Å². The number of benzene rings is 3. The summed E-state index contributed by atoms with van der Waals surface area (Å²) in [5.74, 6) is -0.812. The average Bonchev–Trinajstić information content (AvgIpc) is 2.87. The molecule has 190 valence electrons. The molecule has 0 fully saturated rings. The molecule has 7 nitrogen and oxygen atoms in total. The number of hydrogen-bond donors (Lipinski definition) is 1. The summed E-state index contributed by atoms with van der Waals surface area (Å²) in [6.07, 6.45) is 0. The Labute approximate surface area is 213 Å². The second kappa shape index (κ2) is 11.4. The minimum Gasteiger partial charge on any atom is -0.357 e. The third kappa shape index (κ3) is 5.94. The van der Waals surface area contributed by atoms with Crippen LogP contribution in [0.5, 0.6) is 0 Å². The van der Waals surface area contributed by atoms with Gasteiger partial charge in [-0.2, -0.15) is 0 Å². The van der Waals surface area contributed by atoms with E-state index in [4.69, 9.17) is 0 Å². The van der Waals surface area contributed by atoms with Crippen LogP contribution >= 0.6 is 0 Å². The first-order valence-electron chi connectivity index (χ1n) is 11.8. The van der Waals surface area contributed by atoms with Crippen LogP contribution in [0.4, 0.5) is 5.69 Å². The maximum Gasteiger partial charge on any atom is 0.264 e. The summed E-state index contributed by atoms with van der Waals surface area (Å²) in [7, 11) is -2.56. The summed E-state index contributed by atoms with van der Waals surface area (Å²) in [6.45, 7) is 7.04. The molecular formula is C28H33N3O4S. The van der Waals surface area contributed by atoms with E-state index in [0.717, 1.165) is 26.6 Å². The van der Waals surface area contributed by atoms with Gasteiger partial charge in [0.2, 0.25) is 11.8 Å². The number of amides is 2. The Morgan fingerprint density at radius 1 is 0.917 bits per heavy atom. The second-order valence-electron chi connectivity index (χ2n) is 8.84. The Bertz CT molecular complexity index is 1340. The summed E-state index contributed by atoms with van der Waals surface area (Å²) in [5.41, 5.74) is 3.97. The van der Waals surface area contributed by atoms with Gasteiger partial charge in [-0.1, -0.05) is 60.2 Å². The van der Waals surface area contributed by atoms with Crippen LogP contribution in [-0.2, 0) is 26.2 Å². The van der Waals surface area contributed by atoms with Gasteiger partial charge in [0.15, 0.2) is 0 Å². The van der Waals surface area contributed by atoms with Gasteiger partial charge in [-0.05, 0) is 62.6 Å². The van der Waals surface area contributed by atoms with Gasteiger partial charge in [-0.25, -0.2) is 8.42 Å². The van der Waals surface area contributed by atoms with Crippen molar-refractivity contribution >= 4 is 27.5 Å². The van der Waals surface area contributed by atoms with Gasteiger partial charge in [0.25, 0.3) is 10.0 Å². The maximum atomic E-state index is 13.8. The number of carbonyl (C=O) groups excluding carboxylic acids is 2. The fourth-order valence-corrected chi connectivity index (χ4v) is 5.53. The Balaban J connectivity index is 2.07. The van der Waals surface area contributed by atoms with E-state index in [1.54, 1.807) is 37.3 Å². The molecule has 0 bridgehead atoms. The van der Waals surface area contributed by atoms with Crippen LogP contribution in [0.1, 0.15) is 29.2 Å². The number of sulfonamides is 1. The number of nitrogens with one attached hydrogen (secondary N) is 1. The zero-order valence-electron chi connectivity index (χ0n) is 21.4. The molecule has 0 aliphatic carbocycles. The SMILES string of the molecule is CNC(=O)[C@@H](C)N(Cc1cccc(C)c1)C(=O)CN(c1cccc(C)c1C)S(=O)(=O)c1ccccc1. The molecule has 0 saturated carbocycles. The lowest BCUT2D eigenvalue weighted by atomic mass is 10.1. The van der Waals surface area contributed by atoms with Crippen molar-refractivity contribution in [3.63, 3.8) is 0 Å². The van der Waals surface area contributed by atoms with Crippen molar-refractivity contribution in [3.05, 3.63) is 95.1 Å². The average molecular weight is 508 g/mol. The number of anilines is 1. The first kappa shape index (κ1) is 26.9. The first-order chi connectivity index (χ1) is 17.1. The van der Waals surface area contributed by atoms with Crippen LogP contribution in [0, 0.1) is 20.8 Å². The van der Waals surface area contributed by atoms with Crippen LogP contribution < -0.4 is 9.62 Å². The Morgan fingerprint density at radius 3 is 2.22 bits per heavy atom. The van der Waals surface area contributed by atoms with E-state index >= 15 is 0 Å². The van der Waals surface area contributed by atoms with E-state index in [-0.39, 0.29) is 17.3 Å². The fourth-order valence-electron chi connectivity index (χ4n) is 4.04. The maximum absolute atomic E-state index is 13.8. The predicted octanol–water partition coefficient (Wildman–Crippen LogP) is 3.97. The van der Waals surface area contributed by atoms with E-state index in [1.165, 1.54) is 24.1 Å². The number of hydrogen-bond acceptors (Lipinski definition) is 4. The summed E-state index contributed by atoms with van der Waals surface area (Å²) >= 11 is 0. The third-order valence-corrected chi connectivity index (χ3v) is 8.08. The van der Waals surface area contributed by atoms with Gasteiger partial charge in [0.05, 0.1) is 10.6 Å². The van der Waals surface area contributed by atoms with E-state index in [2.05, 4.69) is 5.32 Å². The van der Waals surface area contributed by atoms with Gasteiger partial charge in [-0.3, -0.25) is 13.9 Å². The smallest absolute Gasteiger partial charge is 0.264 e. The molecule has 2 amide bonds. The molecule has 0 heterocycles. The number of likely N-dealkylation sites (N-methyl/N-ethyl adjacent to an activating group) is 1. The summed E-state index contributed by atoms with van der Waals surface area (Å²) in [5, 5.41) is 2.59. The highest BCUT2D eigenvalue weighted by Crippen LogP contribution is 2.29. The van der Waals surface area contributed by atoms with Crippen molar-refractivity contribution in [2.75, 3.05) is 17.9 Å². The standard InChI is InChI=1S/C28H33N3O4S/c1-20-11-9-13-24(17-20)18-30(23(4)28(33)29-5)27(32)19-31(26-16-10-12-21(2)22(26)3)36(34,35)25-14-7-6-8-15-25/h6-17,23H,18-19H2,1-5H3,(H,29,33)/t23-/m1/s1. The zero-order chi connectivity index (χ0) is 26.5. The molecule has 0 aliphatic rings. The van der Waals surface area contributed by atoms with Crippen molar-refractivity contribution < 1.29 is 18.0 Å². The lowest BCUT2D eigenvalue weighted by molar-refractivity contribution is -0.139. The molecule has 0 aliphatic heterocycles. The lowest BCUT2D eigenvalue weighted by Crippen LogP contribution is -2.50. The quantitative estimate of drug-likeness (QED) is 0.475. The van der Waals surface area contributed by atoms with Gasteiger partial charge in [-0.15, -0.1) is 0 Å². The van der Waals surface area contributed by atoms with Crippen LogP contribution in [0.2, 0.25) is 0 Å². The predicted molar refractivity (Wildman–Crippen MR) is 142 cm³/mol. The fraction of sp³-hybridized carbons (Fsp3) is 0.286. The summed E-state index contributed by atoms with van der Waals surface area (Å²) < 4.78 is 28.7. The molecule has 8 heteroatoms. The van der Waals surface area contributed by atoms with E-state index in [0.29, 0.717) is 5.69 Å². The van der Waals surface area contributed by atoms with Crippen molar-refractivity contribution in [2.45, 2.75) is 45.2 Å². The van der Waals surface area contributed by atoms with Crippen molar-refractivity contribution in [2.24, 2.45) is 0 Å². The van der Waals surface area contributed by atoms with Crippen LogP contribution in [0.15, 0.2) is 77.7 Å². The van der Waals surface area contributed by atoms with Crippen molar-refractivity contribution in [1.82, 2.24) is 10.2 Å². The summed E-state index contributed by atoms with van der Waals surface area (Å²) in [6, 6.07) is 20.3. The van der Waals surface area contributed by atoms with Crippen molar-refractivity contribution in [1.29, 1.82) is 0 Å². The Morgan fingerprint density at radius 2 is 1.58 bits per heavy atom. The number of carbonyl (C=O) groups is 2. The molecule has 3 aromatic carbocycles. The van der Waals surface area contributed by atoms with Crippen LogP contribution in [-0.4, -0.2) is 44.8 Å². The normalized spacial score (nSPS) is 12.0. The van der Waals surface area contributed by atoms with E-state index in [9.17, 15) is 18.0 Å². The lowest BCUT2D eigenvalue weighted by Gasteiger charge is -2.32. The molecule has 3 rings (SSSR count). The first-order valence-corrected chi connectivity index (χ1v) is 13.2. The highest BCUT2D eigenvalue weighted by atomic mass is 32.2.